The van der Waals surface area contributed by atoms with Crippen molar-refractivity contribution in [1.82, 2.24) is 4.90 Å². The van der Waals surface area contributed by atoms with E-state index in [1.807, 2.05) is 11.8 Å². The second-order valence-electron chi connectivity index (χ2n) is 4.18. The molecule has 1 aromatic rings. The van der Waals surface area contributed by atoms with Crippen LogP contribution in [0.3, 0.4) is 0 Å². The Kier molecular flexibility index (Phi) is 3.47. The average Bonchev–Trinajstić information content (AvgIpc) is 2.71. The molecule has 1 aliphatic heterocycles. The van der Waals surface area contributed by atoms with Gasteiger partial charge < -0.3 is 10.0 Å². The third-order valence-electron chi connectivity index (χ3n) is 2.89. The van der Waals surface area contributed by atoms with E-state index in [1.165, 1.54) is 11.3 Å². The fourth-order valence-electron chi connectivity index (χ4n) is 2.02. The molecule has 0 saturated carbocycles. The van der Waals surface area contributed by atoms with Gasteiger partial charge in [0.25, 0.3) is 0 Å². The predicted octanol–water partition coefficient (Wildman–Crippen LogP) is 2.13. The van der Waals surface area contributed by atoms with Gasteiger partial charge >= 0.3 is 5.97 Å². The topological polar surface area (TPSA) is 57.6 Å². The molecule has 0 radical (unpaired) electrons. The van der Waals surface area contributed by atoms with Crippen molar-refractivity contribution in [3.63, 3.8) is 0 Å². The lowest BCUT2D eigenvalue weighted by Crippen LogP contribution is -2.35. The Bertz CT molecular complexity index is 453. The first kappa shape index (κ1) is 12.1. The van der Waals surface area contributed by atoms with Gasteiger partial charge in [-0.2, -0.15) is 0 Å². The highest BCUT2D eigenvalue weighted by Gasteiger charge is 2.23. The van der Waals surface area contributed by atoms with Gasteiger partial charge in [0.05, 0.1) is 0 Å². The van der Waals surface area contributed by atoms with E-state index < -0.39 is 5.97 Å². The molecule has 0 aliphatic carbocycles. The van der Waals surface area contributed by atoms with Crippen molar-refractivity contribution in [3.05, 3.63) is 21.4 Å². The molecule has 0 bridgehead atoms. The van der Waals surface area contributed by atoms with E-state index in [-0.39, 0.29) is 5.91 Å². The smallest absolute Gasteiger partial charge is 0.345 e. The molecule has 0 unspecified atom stereocenters. The normalized spacial score (nSPS) is 14.5. The molecule has 17 heavy (non-hydrogen) atoms. The second-order valence-corrected chi connectivity index (χ2v) is 5.32. The molecule has 2 heterocycles. The highest BCUT2D eigenvalue weighted by atomic mass is 32.1. The highest BCUT2D eigenvalue weighted by Crippen LogP contribution is 2.28. The molecule has 0 aromatic carbocycles. The van der Waals surface area contributed by atoms with Crippen LogP contribution in [0.2, 0.25) is 0 Å². The molecule has 0 saturated heterocycles. The standard InChI is InChI=1S/C12H15NO3S/c1-2-3-11(14)13-5-4-9-8(7-13)6-10(17-9)12(15)16/h6H,2-5,7H2,1H3,(H,15,16). The lowest BCUT2D eigenvalue weighted by molar-refractivity contribution is -0.132. The summed E-state index contributed by atoms with van der Waals surface area (Å²) in [6, 6.07) is 1.70. The third-order valence-corrected chi connectivity index (χ3v) is 4.12. The third kappa shape index (κ3) is 2.49. The first-order chi connectivity index (χ1) is 8.11. The molecule has 4 nitrogen and oxygen atoms in total. The molecule has 2 rings (SSSR count). The molecule has 5 heteroatoms. The summed E-state index contributed by atoms with van der Waals surface area (Å²) in [6.45, 7) is 3.27. The summed E-state index contributed by atoms with van der Waals surface area (Å²) in [5, 5.41) is 8.92. The van der Waals surface area contributed by atoms with Crippen molar-refractivity contribution in [1.29, 1.82) is 0 Å². The summed E-state index contributed by atoms with van der Waals surface area (Å²) >= 11 is 1.33. The fraction of sp³-hybridized carbons (Fsp3) is 0.500. The zero-order valence-electron chi connectivity index (χ0n) is 9.73. The van der Waals surface area contributed by atoms with E-state index >= 15 is 0 Å². The maximum Gasteiger partial charge on any atom is 0.345 e. The van der Waals surface area contributed by atoms with E-state index in [1.54, 1.807) is 6.07 Å². The molecular weight excluding hydrogens is 238 g/mol. The minimum absolute atomic E-state index is 0.168. The van der Waals surface area contributed by atoms with E-state index in [2.05, 4.69) is 0 Å². The summed E-state index contributed by atoms with van der Waals surface area (Å²) < 4.78 is 0. The molecule has 0 atom stereocenters. The van der Waals surface area contributed by atoms with Crippen molar-refractivity contribution >= 4 is 23.2 Å². The van der Waals surface area contributed by atoms with Crippen LogP contribution in [0.15, 0.2) is 6.07 Å². The van der Waals surface area contributed by atoms with Gasteiger partial charge in [0, 0.05) is 24.4 Å². The molecule has 1 amide bonds. The largest absolute Gasteiger partial charge is 0.477 e. The van der Waals surface area contributed by atoms with Gasteiger partial charge in [-0.1, -0.05) is 6.92 Å². The van der Waals surface area contributed by atoms with Gasteiger partial charge in [0.15, 0.2) is 0 Å². The van der Waals surface area contributed by atoms with Crippen LogP contribution in [0.5, 0.6) is 0 Å². The van der Waals surface area contributed by atoms with E-state index in [9.17, 15) is 9.59 Å². The molecule has 1 N–H and O–H groups in total. The van der Waals surface area contributed by atoms with Crippen molar-refractivity contribution in [2.75, 3.05) is 6.54 Å². The number of nitrogens with zero attached hydrogens (tertiary/aromatic N) is 1. The number of carbonyl (C=O) groups is 2. The van der Waals surface area contributed by atoms with Gasteiger partial charge in [-0.05, 0) is 24.5 Å². The van der Waals surface area contributed by atoms with Crippen LogP contribution in [-0.4, -0.2) is 28.4 Å². The maximum atomic E-state index is 11.8. The molecular formula is C12H15NO3S. The van der Waals surface area contributed by atoms with Crippen LogP contribution >= 0.6 is 11.3 Å². The Morgan fingerprint density at radius 3 is 2.94 bits per heavy atom. The predicted molar refractivity (Wildman–Crippen MR) is 65.3 cm³/mol. The van der Waals surface area contributed by atoms with Gasteiger partial charge in [0.2, 0.25) is 5.91 Å². The maximum absolute atomic E-state index is 11.8. The molecule has 0 spiro atoms. The average molecular weight is 253 g/mol. The second kappa shape index (κ2) is 4.87. The molecule has 1 aromatic heterocycles. The monoisotopic (exact) mass is 253 g/mol. The Morgan fingerprint density at radius 2 is 2.29 bits per heavy atom. The summed E-state index contributed by atoms with van der Waals surface area (Å²) in [7, 11) is 0. The van der Waals surface area contributed by atoms with Crippen LogP contribution in [0.1, 0.15) is 39.9 Å². The zero-order chi connectivity index (χ0) is 12.4. The van der Waals surface area contributed by atoms with Crippen LogP contribution in [-0.2, 0) is 17.8 Å². The lowest BCUT2D eigenvalue weighted by Gasteiger charge is -2.26. The van der Waals surface area contributed by atoms with Crippen molar-refractivity contribution in [2.45, 2.75) is 32.7 Å². The zero-order valence-corrected chi connectivity index (χ0v) is 10.5. The number of carbonyl (C=O) groups excluding carboxylic acids is 1. The van der Waals surface area contributed by atoms with Crippen molar-refractivity contribution in [2.24, 2.45) is 0 Å². The molecule has 0 fully saturated rings. The Hall–Kier alpha value is -1.36. The number of fused-ring (bicyclic) bond motifs is 1. The van der Waals surface area contributed by atoms with Gasteiger partial charge in [0.1, 0.15) is 4.88 Å². The first-order valence-corrected chi connectivity index (χ1v) is 6.56. The number of rotatable bonds is 3. The Morgan fingerprint density at radius 1 is 1.53 bits per heavy atom. The number of hydrogen-bond acceptors (Lipinski definition) is 3. The minimum atomic E-state index is -0.879. The number of carboxylic acids is 1. The summed E-state index contributed by atoms with van der Waals surface area (Å²) in [6.07, 6.45) is 2.21. The van der Waals surface area contributed by atoms with Crippen LogP contribution in [0.25, 0.3) is 0 Å². The van der Waals surface area contributed by atoms with Crippen LogP contribution in [0.4, 0.5) is 0 Å². The number of aromatic carboxylic acids is 1. The Labute approximate surface area is 104 Å². The summed E-state index contributed by atoms with van der Waals surface area (Å²) in [5.74, 6) is -0.711. The van der Waals surface area contributed by atoms with Gasteiger partial charge in [-0.15, -0.1) is 11.3 Å². The quantitative estimate of drug-likeness (QED) is 0.897. The number of thiophene rings is 1. The molecule has 1 aliphatic rings. The highest BCUT2D eigenvalue weighted by molar-refractivity contribution is 7.14. The van der Waals surface area contributed by atoms with E-state index in [4.69, 9.17) is 5.11 Å². The summed E-state index contributed by atoms with van der Waals surface area (Å²) in [4.78, 5) is 25.9. The van der Waals surface area contributed by atoms with Crippen LogP contribution < -0.4 is 0 Å². The Balaban J connectivity index is 2.13. The van der Waals surface area contributed by atoms with Crippen molar-refractivity contribution in [3.8, 4) is 0 Å². The number of hydrogen-bond donors (Lipinski definition) is 1. The SMILES string of the molecule is CCCC(=O)N1CCc2sc(C(=O)O)cc2C1. The van der Waals surface area contributed by atoms with Gasteiger partial charge in [-0.25, -0.2) is 4.79 Å². The lowest BCUT2D eigenvalue weighted by atomic mass is 10.1. The van der Waals surface area contributed by atoms with Crippen molar-refractivity contribution < 1.29 is 14.7 Å². The van der Waals surface area contributed by atoms with E-state index in [0.717, 1.165) is 23.3 Å². The number of carboxylic acid groups (broad SMARTS) is 1. The fourth-order valence-corrected chi connectivity index (χ4v) is 3.03. The van der Waals surface area contributed by atoms with E-state index in [0.29, 0.717) is 24.4 Å². The number of amides is 1. The molecule has 92 valence electrons. The van der Waals surface area contributed by atoms with Gasteiger partial charge in [-0.3, -0.25) is 4.79 Å². The first-order valence-electron chi connectivity index (χ1n) is 5.74. The summed E-state index contributed by atoms with van der Waals surface area (Å²) in [5.41, 5.74) is 1.00. The van der Waals surface area contributed by atoms with Crippen LogP contribution in [0, 0.1) is 0 Å². The minimum Gasteiger partial charge on any atom is -0.477 e.